The Morgan fingerprint density at radius 1 is 1.00 bits per heavy atom. The van der Waals surface area contributed by atoms with Crippen LogP contribution in [0.2, 0.25) is 0 Å². The highest BCUT2D eigenvalue weighted by Gasteiger charge is 2.20. The minimum atomic E-state index is -3.58. The molecule has 0 saturated carbocycles. The van der Waals surface area contributed by atoms with Gasteiger partial charge in [0, 0.05) is 5.69 Å². The van der Waals surface area contributed by atoms with E-state index in [-0.39, 0.29) is 0 Å². The summed E-state index contributed by atoms with van der Waals surface area (Å²) in [6.07, 6.45) is 1.06. The van der Waals surface area contributed by atoms with Crippen molar-refractivity contribution in [3.63, 3.8) is 0 Å². The molecule has 0 fully saturated rings. The van der Waals surface area contributed by atoms with Crippen LogP contribution in [0.15, 0.2) is 41.3 Å². The van der Waals surface area contributed by atoms with Gasteiger partial charge in [0.1, 0.15) is 0 Å². The van der Waals surface area contributed by atoms with E-state index in [2.05, 4.69) is 18.6 Å². The van der Waals surface area contributed by atoms with Crippen LogP contribution in [-0.2, 0) is 10.0 Å². The minimum Gasteiger partial charge on any atom is -0.280 e. The first-order chi connectivity index (χ1) is 10.7. The Balaban J connectivity index is 2.32. The maximum Gasteiger partial charge on any atom is 0.262 e. The first kappa shape index (κ1) is 17.5. The van der Waals surface area contributed by atoms with Gasteiger partial charge in [0.05, 0.1) is 4.90 Å². The van der Waals surface area contributed by atoms with Gasteiger partial charge in [0.25, 0.3) is 10.0 Å². The van der Waals surface area contributed by atoms with E-state index in [0.717, 1.165) is 23.1 Å². The Kier molecular flexibility index (Phi) is 5.15. The van der Waals surface area contributed by atoms with Crippen molar-refractivity contribution >= 4 is 15.7 Å². The molecule has 23 heavy (non-hydrogen) atoms. The summed E-state index contributed by atoms with van der Waals surface area (Å²) in [5.74, 6) is 0.474. The maximum atomic E-state index is 12.7. The summed E-state index contributed by atoms with van der Waals surface area (Å²) < 4.78 is 28.1. The van der Waals surface area contributed by atoms with Crippen molar-refractivity contribution < 1.29 is 8.42 Å². The molecule has 0 radical (unpaired) electrons. The molecule has 0 aliphatic rings. The highest BCUT2D eigenvalue weighted by atomic mass is 32.2. The zero-order chi connectivity index (χ0) is 17.2. The molecule has 1 atom stereocenters. The van der Waals surface area contributed by atoms with E-state index in [1.807, 2.05) is 57.2 Å². The molecule has 0 aliphatic heterocycles. The Labute approximate surface area is 139 Å². The number of sulfonamides is 1. The molecule has 2 aromatic rings. The first-order valence-electron chi connectivity index (χ1n) is 7.95. The zero-order valence-corrected chi connectivity index (χ0v) is 15.3. The molecule has 2 aromatic carbocycles. The lowest BCUT2D eigenvalue weighted by atomic mass is 9.99. The molecule has 0 bridgehead atoms. The van der Waals surface area contributed by atoms with Gasteiger partial charge in [-0.05, 0) is 61.9 Å². The molecule has 0 aliphatic carbocycles. The van der Waals surface area contributed by atoms with Gasteiger partial charge in [-0.15, -0.1) is 0 Å². The standard InChI is InChI=1S/C19H25NO2S/c1-6-14(3)17-7-9-18(10-8-17)20-23(21,22)19-15(4)11-13(2)12-16(19)5/h7-12,14,20H,6H2,1-5H3. The van der Waals surface area contributed by atoms with Crippen molar-refractivity contribution in [2.75, 3.05) is 4.72 Å². The monoisotopic (exact) mass is 331 g/mol. The van der Waals surface area contributed by atoms with Gasteiger partial charge >= 0.3 is 0 Å². The zero-order valence-electron chi connectivity index (χ0n) is 14.5. The van der Waals surface area contributed by atoms with E-state index in [1.54, 1.807) is 0 Å². The van der Waals surface area contributed by atoms with Crippen LogP contribution in [0.25, 0.3) is 0 Å². The fourth-order valence-corrected chi connectivity index (χ4v) is 4.43. The Morgan fingerprint density at radius 2 is 1.52 bits per heavy atom. The highest BCUT2D eigenvalue weighted by Crippen LogP contribution is 2.25. The van der Waals surface area contributed by atoms with Crippen molar-refractivity contribution in [2.24, 2.45) is 0 Å². The van der Waals surface area contributed by atoms with E-state index >= 15 is 0 Å². The van der Waals surface area contributed by atoms with Crippen LogP contribution in [-0.4, -0.2) is 8.42 Å². The van der Waals surface area contributed by atoms with Crippen LogP contribution in [0.5, 0.6) is 0 Å². The smallest absolute Gasteiger partial charge is 0.262 e. The summed E-state index contributed by atoms with van der Waals surface area (Å²) in [4.78, 5) is 0.370. The van der Waals surface area contributed by atoms with Crippen LogP contribution >= 0.6 is 0 Å². The first-order valence-corrected chi connectivity index (χ1v) is 9.43. The second kappa shape index (κ2) is 6.75. The molecule has 4 heteroatoms. The van der Waals surface area contributed by atoms with Crippen molar-refractivity contribution in [2.45, 2.75) is 51.9 Å². The molecule has 0 saturated heterocycles. The van der Waals surface area contributed by atoms with Crippen LogP contribution in [0, 0.1) is 20.8 Å². The van der Waals surface area contributed by atoms with E-state index in [9.17, 15) is 8.42 Å². The Morgan fingerprint density at radius 3 is 2.00 bits per heavy atom. The van der Waals surface area contributed by atoms with Crippen molar-refractivity contribution in [1.29, 1.82) is 0 Å². The lowest BCUT2D eigenvalue weighted by molar-refractivity contribution is 0.600. The van der Waals surface area contributed by atoms with Gasteiger partial charge in [0.2, 0.25) is 0 Å². The third kappa shape index (κ3) is 3.94. The van der Waals surface area contributed by atoms with Crippen LogP contribution in [0.3, 0.4) is 0 Å². The topological polar surface area (TPSA) is 46.2 Å². The SMILES string of the molecule is CCC(C)c1ccc(NS(=O)(=O)c2c(C)cc(C)cc2C)cc1. The number of hydrogen-bond donors (Lipinski definition) is 1. The second-order valence-electron chi connectivity index (χ2n) is 6.26. The van der Waals surface area contributed by atoms with Gasteiger partial charge in [0.15, 0.2) is 0 Å². The lowest BCUT2D eigenvalue weighted by Crippen LogP contribution is -2.16. The summed E-state index contributed by atoms with van der Waals surface area (Å²) in [6, 6.07) is 11.4. The van der Waals surface area contributed by atoms with Crippen LogP contribution in [0.1, 0.15) is 48.4 Å². The number of rotatable bonds is 5. The number of anilines is 1. The van der Waals surface area contributed by atoms with Gasteiger partial charge in [-0.1, -0.05) is 43.7 Å². The molecule has 1 N–H and O–H groups in total. The van der Waals surface area contributed by atoms with Gasteiger partial charge in [-0.25, -0.2) is 8.42 Å². The van der Waals surface area contributed by atoms with Crippen molar-refractivity contribution in [1.82, 2.24) is 0 Å². The average molecular weight is 331 g/mol. The third-order valence-electron chi connectivity index (χ3n) is 4.22. The quantitative estimate of drug-likeness (QED) is 0.844. The Bertz CT molecular complexity index is 770. The predicted octanol–water partition coefficient (Wildman–Crippen LogP) is 4.93. The minimum absolute atomic E-state index is 0.370. The molecular formula is C19H25NO2S. The van der Waals surface area contributed by atoms with E-state index in [1.165, 1.54) is 5.56 Å². The van der Waals surface area contributed by atoms with Gasteiger partial charge < -0.3 is 0 Å². The average Bonchev–Trinajstić information content (AvgIpc) is 2.45. The normalized spacial score (nSPS) is 12.9. The molecule has 0 spiro atoms. The van der Waals surface area contributed by atoms with Crippen molar-refractivity contribution in [3.05, 3.63) is 58.7 Å². The number of hydrogen-bond acceptors (Lipinski definition) is 2. The Hall–Kier alpha value is -1.81. The molecule has 0 aromatic heterocycles. The summed E-state index contributed by atoms with van der Waals surface area (Å²) in [5.41, 5.74) is 4.42. The fourth-order valence-electron chi connectivity index (χ4n) is 2.91. The van der Waals surface area contributed by atoms with Crippen LogP contribution in [0.4, 0.5) is 5.69 Å². The number of nitrogens with one attached hydrogen (secondary N) is 1. The fraction of sp³-hybridized carbons (Fsp3) is 0.368. The summed E-state index contributed by atoms with van der Waals surface area (Å²) >= 11 is 0. The van der Waals surface area contributed by atoms with Crippen LogP contribution < -0.4 is 4.72 Å². The van der Waals surface area contributed by atoms with E-state index in [4.69, 9.17) is 0 Å². The highest BCUT2D eigenvalue weighted by molar-refractivity contribution is 7.92. The number of aryl methyl sites for hydroxylation is 3. The van der Waals surface area contributed by atoms with Crippen molar-refractivity contribution in [3.8, 4) is 0 Å². The largest absolute Gasteiger partial charge is 0.280 e. The lowest BCUT2D eigenvalue weighted by Gasteiger charge is -2.15. The number of benzene rings is 2. The molecule has 124 valence electrons. The van der Waals surface area contributed by atoms with E-state index in [0.29, 0.717) is 16.5 Å². The maximum absolute atomic E-state index is 12.7. The summed E-state index contributed by atoms with van der Waals surface area (Å²) in [7, 11) is -3.58. The molecule has 1 unspecified atom stereocenters. The van der Waals surface area contributed by atoms with E-state index < -0.39 is 10.0 Å². The molecule has 0 amide bonds. The summed E-state index contributed by atoms with van der Waals surface area (Å²) in [6.45, 7) is 9.95. The second-order valence-corrected chi connectivity index (χ2v) is 7.88. The predicted molar refractivity (Wildman–Crippen MR) is 96.6 cm³/mol. The van der Waals surface area contributed by atoms with Gasteiger partial charge in [-0.3, -0.25) is 4.72 Å². The molecular weight excluding hydrogens is 306 g/mol. The van der Waals surface area contributed by atoms with Gasteiger partial charge in [-0.2, -0.15) is 0 Å². The third-order valence-corrected chi connectivity index (χ3v) is 5.90. The molecule has 0 heterocycles. The summed E-state index contributed by atoms with van der Waals surface area (Å²) in [5, 5.41) is 0. The molecule has 3 nitrogen and oxygen atoms in total. The molecule has 2 rings (SSSR count).